The van der Waals surface area contributed by atoms with Gasteiger partial charge < -0.3 is 132 Å². The molecule has 0 bridgehead atoms. The van der Waals surface area contributed by atoms with Crippen LogP contribution in [-0.2, 0) is 0 Å². The standard InChI is InChI=1S/C48H24B6O26S/c49-11-1(47-2(12(50)33(11)69)9-29(65)39(75)30(66)10(48(9)81-47)8-25(61)21(57)4(22(58)26(8)62)5-27(63)40(76)42(78)41(77)28(5)64)3-19(55)23(59)6(24(60)20(3)56)7-31(67)45-18-46(32(7)68)80-44-17(38(74)35(71)15(53)37(44)73)54(18)16-13(51)34(70)14(52)36(72)43(16)79-45/h55-78H. The molecule has 0 spiro atoms. The molecule has 26 nitrogen and oxygen atoms in total. The minimum atomic E-state index is -1.87. The van der Waals surface area contributed by atoms with Crippen molar-refractivity contribution in [2.24, 2.45) is 0 Å². The van der Waals surface area contributed by atoms with E-state index < -0.39 is 276 Å². The number of benzene rings is 8. The summed E-state index contributed by atoms with van der Waals surface area (Å²) in [5.74, 6) is -38.1. The summed E-state index contributed by atoms with van der Waals surface area (Å²) in [5.41, 5.74) is -15.7. The summed E-state index contributed by atoms with van der Waals surface area (Å²) in [5, 5.41) is 269. The van der Waals surface area contributed by atoms with Crippen molar-refractivity contribution < 1.29 is 132 Å². The molecular formula is C48H24B6O26S. The highest BCUT2D eigenvalue weighted by Crippen LogP contribution is 2.67. The summed E-state index contributed by atoms with van der Waals surface area (Å²) < 4.78 is 10.4. The zero-order valence-corrected chi connectivity index (χ0v) is 40.2. The second-order valence-electron chi connectivity index (χ2n) is 18.1. The Labute approximate surface area is 457 Å². The van der Waals surface area contributed by atoms with E-state index in [4.69, 9.17) is 48.7 Å². The maximum atomic E-state index is 12.1. The number of aromatic hydroxyl groups is 24. The Kier molecular flexibility index (Phi) is 10.7. The first kappa shape index (κ1) is 52.2. The molecule has 2 aliphatic rings. The molecule has 3 heterocycles. The Morgan fingerprint density at radius 1 is 0.222 bits per heavy atom. The molecule has 2 aliphatic heterocycles. The number of hydrogen-bond acceptors (Lipinski definition) is 27. The highest BCUT2D eigenvalue weighted by atomic mass is 32.1. The highest BCUT2D eigenvalue weighted by Gasteiger charge is 2.50. The molecule has 0 atom stereocenters. The molecule has 10 radical (unpaired) electrons. The Hall–Kier alpha value is -10.8. The topological polar surface area (TPSA) is 504 Å². The first-order valence-electron chi connectivity index (χ1n) is 22.2. The van der Waals surface area contributed by atoms with Gasteiger partial charge in [0.2, 0.25) is 23.0 Å². The lowest BCUT2D eigenvalue weighted by atomic mass is 9.32. The number of fused-ring (bicyclic) bond motifs is 7. The third kappa shape index (κ3) is 6.16. The van der Waals surface area contributed by atoms with E-state index in [1.807, 2.05) is 0 Å². The van der Waals surface area contributed by atoms with Crippen molar-refractivity contribution in [2.75, 3.05) is 0 Å². The fourth-order valence-corrected chi connectivity index (χ4v) is 11.7. The number of thiophene rings is 1. The van der Waals surface area contributed by atoms with Crippen molar-refractivity contribution in [2.45, 2.75) is 0 Å². The molecule has 81 heavy (non-hydrogen) atoms. The average molecular weight is 1110 g/mol. The Morgan fingerprint density at radius 2 is 0.531 bits per heavy atom. The van der Waals surface area contributed by atoms with E-state index in [0.717, 1.165) is 0 Å². The van der Waals surface area contributed by atoms with Crippen LogP contribution in [0.15, 0.2) is 0 Å². The second-order valence-corrected chi connectivity index (χ2v) is 19.2. The van der Waals surface area contributed by atoms with Crippen molar-refractivity contribution in [3.8, 4) is 205 Å². The molecule has 0 fully saturated rings. The van der Waals surface area contributed by atoms with Crippen LogP contribution in [0.3, 0.4) is 0 Å². The minimum Gasteiger partial charge on any atom is -0.509 e. The first-order valence-corrected chi connectivity index (χ1v) is 23.0. The normalized spacial score (nSPS) is 12.3. The molecule has 0 amide bonds. The molecular weight excluding hydrogens is 1090 g/mol. The summed E-state index contributed by atoms with van der Waals surface area (Å²) in [4.78, 5) is 0. The maximum absolute atomic E-state index is 12.1. The average Bonchev–Trinajstić information content (AvgIpc) is 4.08. The summed E-state index contributed by atoms with van der Waals surface area (Å²) in [6, 6.07) is 0. The minimum absolute atomic E-state index is 0.200. The summed E-state index contributed by atoms with van der Waals surface area (Å²) in [7, 11) is 30.6. The van der Waals surface area contributed by atoms with Crippen LogP contribution in [0.2, 0.25) is 0 Å². The van der Waals surface area contributed by atoms with Crippen molar-refractivity contribution in [3.63, 3.8) is 0 Å². The van der Waals surface area contributed by atoms with Crippen LogP contribution in [0.4, 0.5) is 0 Å². The van der Waals surface area contributed by atoms with Crippen LogP contribution in [0.25, 0.3) is 64.7 Å². The van der Waals surface area contributed by atoms with Gasteiger partial charge in [0.05, 0.1) is 43.6 Å². The van der Waals surface area contributed by atoms with Gasteiger partial charge in [-0.3, -0.25) is 0 Å². The van der Waals surface area contributed by atoms with E-state index in [-0.39, 0.29) is 11.3 Å². The van der Waals surface area contributed by atoms with Gasteiger partial charge in [-0.05, 0) is 27.3 Å². The molecule has 9 aromatic rings. The lowest BCUT2D eigenvalue weighted by Gasteiger charge is -2.36. The molecule has 0 aliphatic carbocycles. The van der Waals surface area contributed by atoms with E-state index in [9.17, 15) is 123 Å². The third-order valence-electron chi connectivity index (χ3n) is 14.1. The fraction of sp³-hybridized carbons (Fsp3) is 0. The summed E-state index contributed by atoms with van der Waals surface area (Å²) >= 11 is 0.200. The van der Waals surface area contributed by atoms with E-state index >= 15 is 0 Å². The molecule has 0 unspecified atom stereocenters. The molecule has 396 valence electrons. The molecule has 24 N–H and O–H groups in total. The van der Waals surface area contributed by atoms with Gasteiger partial charge in [0.1, 0.15) is 50.7 Å². The van der Waals surface area contributed by atoms with Gasteiger partial charge in [-0.15, -0.1) is 11.3 Å². The molecule has 0 saturated carbocycles. The van der Waals surface area contributed by atoms with Crippen LogP contribution in [-0.4, -0.2) is 169 Å². The first-order chi connectivity index (χ1) is 37.9. The zero-order chi connectivity index (χ0) is 59.4. The van der Waals surface area contributed by atoms with E-state index in [1.165, 1.54) is 0 Å². The Balaban J connectivity index is 1.18. The monoisotopic (exact) mass is 1110 g/mol. The van der Waals surface area contributed by atoms with Crippen molar-refractivity contribution in [1.82, 2.24) is 0 Å². The quantitative estimate of drug-likeness (QED) is 0.0533. The fourth-order valence-electron chi connectivity index (χ4n) is 10.3. The van der Waals surface area contributed by atoms with Crippen molar-refractivity contribution in [3.05, 3.63) is 0 Å². The van der Waals surface area contributed by atoms with Gasteiger partial charge in [-0.25, -0.2) is 0 Å². The van der Waals surface area contributed by atoms with Gasteiger partial charge in [0, 0.05) is 32.0 Å². The number of hydrogen-bond donors (Lipinski definition) is 24. The van der Waals surface area contributed by atoms with Crippen molar-refractivity contribution >= 4 is 121 Å². The van der Waals surface area contributed by atoms with E-state index in [2.05, 4.69) is 0 Å². The Bertz CT molecular complexity index is 4360. The molecule has 33 heteroatoms. The van der Waals surface area contributed by atoms with Crippen LogP contribution in [0.1, 0.15) is 0 Å². The second kappa shape index (κ2) is 16.6. The number of phenols is 24. The van der Waals surface area contributed by atoms with Crippen LogP contribution < -0.4 is 53.2 Å². The van der Waals surface area contributed by atoms with Crippen LogP contribution in [0, 0.1) is 0 Å². The number of rotatable bonds is 4. The van der Waals surface area contributed by atoms with Crippen LogP contribution in [0.5, 0.6) is 161 Å². The number of phenolic OH excluding ortho intramolecular Hbond substituents is 24. The number of ether oxygens (including phenoxy) is 2. The van der Waals surface area contributed by atoms with Gasteiger partial charge in [-0.1, -0.05) is 5.46 Å². The van der Waals surface area contributed by atoms with E-state index in [1.54, 1.807) is 0 Å². The largest absolute Gasteiger partial charge is 0.509 e. The smallest absolute Gasteiger partial charge is 0.265 e. The van der Waals surface area contributed by atoms with Crippen molar-refractivity contribution in [1.29, 1.82) is 0 Å². The maximum Gasteiger partial charge on any atom is 0.265 e. The lowest BCUT2D eigenvalue weighted by Crippen LogP contribution is -2.62. The highest BCUT2D eigenvalue weighted by molar-refractivity contribution is 7.27. The molecule has 8 aromatic carbocycles. The Morgan fingerprint density at radius 3 is 0.988 bits per heavy atom. The molecule has 11 rings (SSSR count). The predicted molar refractivity (Wildman–Crippen MR) is 286 cm³/mol. The molecule has 1 aromatic heterocycles. The summed E-state index contributed by atoms with van der Waals surface area (Å²) in [6.07, 6.45) is 0. The van der Waals surface area contributed by atoms with Gasteiger partial charge in [-0.2, -0.15) is 0 Å². The SMILES string of the molecule is [B]c1c(O)c([B])c2c(c1O)Oc1c(O)c(-c3c(O)c(O)c(-c4c([B])c(O)c([B])c5c4sc4c(-c6c(O)c(O)c(-c7c(O)c(O)c(O)c(O)c7O)c(O)c6O)c(O)c(O)c(O)c45)c(O)c3O)c(O)c3c1B2c1c(O)c(O)c([B])c(O)c1O3. The lowest BCUT2D eigenvalue weighted by molar-refractivity contribution is 0.329. The summed E-state index contributed by atoms with van der Waals surface area (Å²) in [6.45, 7) is -1.87. The predicted octanol–water partition coefficient (Wildman–Crippen LogP) is -1.65. The zero-order valence-electron chi connectivity index (χ0n) is 39.4. The van der Waals surface area contributed by atoms with Gasteiger partial charge in [0.25, 0.3) is 6.71 Å². The van der Waals surface area contributed by atoms with Gasteiger partial charge >= 0.3 is 0 Å². The van der Waals surface area contributed by atoms with Crippen LogP contribution >= 0.6 is 11.3 Å². The van der Waals surface area contributed by atoms with E-state index in [0.29, 0.717) is 0 Å². The van der Waals surface area contributed by atoms with Gasteiger partial charge in [0.15, 0.2) is 126 Å². The third-order valence-corrected chi connectivity index (χ3v) is 15.4. The molecule has 0 saturated heterocycles.